The van der Waals surface area contributed by atoms with Crippen molar-refractivity contribution in [1.82, 2.24) is 5.32 Å². The molecule has 9 nitrogen and oxygen atoms in total. The molecule has 1 aliphatic rings. The third kappa shape index (κ3) is 31.8. The molecule has 10 heteroatoms. The number of nitrogens with one attached hydrogen (secondary N) is 1. The van der Waals surface area contributed by atoms with Gasteiger partial charge in [-0.3, -0.25) is 9.36 Å². The fourth-order valence-electron chi connectivity index (χ4n) is 6.37. The highest BCUT2D eigenvalue weighted by molar-refractivity contribution is 7.45. The molecule has 3 unspecified atom stereocenters. The zero-order valence-electron chi connectivity index (χ0n) is 35.4. The number of likely N-dealkylation sites (N-methyl/N-ethyl adjacent to an activating group) is 1. The van der Waals surface area contributed by atoms with E-state index in [0.717, 1.165) is 44.9 Å². The van der Waals surface area contributed by atoms with Crippen LogP contribution in [0.25, 0.3) is 0 Å². The van der Waals surface area contributed by atoms with E-state index in [1.165, 1.54) is 96.3 Å². The highest BCUT2D eigenvalue weighted by Crippen LogP contribution is 2.38. The number of phosphoric acid groups is 1. The standard InChI is InChI=1S/C44H83N2O7P/c1-6-8-10-12-14-15-16-17-18-19-20-22-25-29-33-41(47)40(39-52-54(49,50)51-38-37-46(3,4)5)45-44(48)36-32-28-24-21-23-27-31-35-43-42(53-43)34-30-26-13-11-9-7-2/h21,24,26-27,30-31,40-43,47H,6-20,22-23,25,28-29,32-39H2,1-5H3,(H-,45,48,49,50)/b24-21-,30-26-,31-27-/t40-,41+,42?,43?/m0/s1. The minimum atomic E-state index is -4.58. The van der Waals surface area contributed by atoms with Crippen molar-refractivity contribution in [2.45, 2.75) is 199 Å². The molecule has 1 aliphatic heterocycles. The number of carbonyl (C=O) groups is 1. The van der Waals surface area contributed by atoms with Gasteiger partial charge in [-0.15, -0.1) is 0 Å². The minimum Gasteiger partial charge on any atom is -0.756 e. The monoisotopic (exact) mass is 783 g/mol. The van der Waals surface area contributed by atoms with Crippen LogP contribution in [0.4, 0.5) is 0 Å². The molecular formula is C44H83N2O7P. The Morgan fingerprint density at radius 1 is 0.741 bits per heavy atom. The maximum Gasteiger partial charge on any atom is 0.268 e. The summed E-state index contributed by atoms with van der Waals surface area (Å²) in [4.78, 5) is 25.3. The Labute approximate surface area is 332 Å². The van der Waals surface area contributed by atoms with Crippen LogP contribution >= 0.6 is 7.82 Å². The number of allylic oxidation sites excluding steroid dienone is 4. The quantitative estimate of drug-likeness (QED) is 0.0210. The molecule has 1 saturated heterocycles. The van der Waals surface area contributed by atoms with Crippen LogP contribution in [0.5, 0.6) is 0 Å². The van der Waals surface area contributed by atoms with Crippen LogP contribution in [0.2, 0.25) is 0 Å². The lowest BCUT2D eigenvalue weighted by Gasteiger charge is -2.30. The molecule has 2 N–H and O–H groups in total. The number of aliphatic hydroxyl groups excluding tert-OH is 1. The first-order valence-corrected chi connectivity index (χ1v) is 23.4. The fraction of sp³-hybridized carbons (Fsp3) is 0.841. The van der Waals surface area contributed by atoms with Crippen molar-refractivity contribution in [3.05, 3.63) is 36.5 Å². The number of epoxide rings is 1. The molecule has 0 bridgehead atoms. The fourth-order valence-corrected chi connectivity index (χ4v) is 7.09. The molecule has 316 valence electrons. The van der Waals surface area contributed by atoms with E-state index in [2.05, 4.69) is 55.6 Å². The number of carbonyl (C=O) groups excluding carboxylic acids is 1. The van der Waals surface area contributed by atoms with Crippen molar-refractivity contribution < 1.29 is 37.6 Å². The lowest BCUT2D eigenvalue weighted by molar-refractivity contribution is -0.870. The summed E-state index contributed by atoms with van der Waals surface area (Å²) in [5.41, 5.74) is 0. The molecular weight excluding hydrogens is 699 g/mol. The zero-order chi connectivity index (χ0) is 39.8. The molecule has 0 aromatic carbocycles. The zero-order valence-corrected chi connectivity index (χ0v) is 36.3. The Morgan fingerprint density at radius 3 is 1.83 bits per heavy atom. The van der Waals surface area contributed by atoms with Gasteiger partial charge in [0.1, 0.15) is 13.2 Å². The molecule has 0 aromatic heterocycles. The molecule has 0 spiro atoms. The number of aliphatic hydroxyl groups is 1. The van der Waals surface area contributed by atoms with Crippen LogP contribution in [0.15, 0.2) is 36.5 Å². The Bertz CT molecular complexity index is 1040. The maximum atomic E-state index is 12.9. The molecule has 0 aliphatic carbocycles. The van der Waals surface area contributed by atoms with E-state index in [9.17, 15) is 19.4 Å². The van der Waals surface area contributed by atoms with Gasteiger partial charge in [0.25, 0.3) is 7.82 Å². The van der Waals surface area contributed by atoms with E-state index in [1.54, 1.807) is 0 Å². The van der Waals surface area contributed by atoms with Crippen LogP contribution in [0.3, 0.4) is 0 Å². The van der Waals surface area contributed by atoms with Gasteiger partial charge >= 0.3 is 0 Å². The highest BCUT2D eigenvalue weighted by atomic mass is 31.2. The number of phosphoric ester groups is 1. The Morgan fingerprint density at radius 2 is 1.24 bits per heavy atom. The second-order valence-corrected chi connectivity index (χ2v) is 17.8. The van der Waals surface area contributed by atoms with Gasteiger partial charge in [-0.2, -0.15) is 0 Å². The van der Waals surface area contributed by atoms with Gasteiger partial charge in [0.15, 0.2) is 0 Å². The first kappa shape index (κ1) is 50.7. The van der Waals surface area contributed by atoms with Crippen LogP contribution in [0.1, 0.15) is 174 Å². The van der Waals surface area contributed by atoms with Crippen molar-refractivity contribution in [3.63, 3.8) is 0 Å². The van der Waals surface area contributed by atoms with E-state index < -0.39 is 20.0 Å². The first-order valence-electron chi connectivity index (χ1n) is 22.0. The molecule has 5 atom stereocenters. The summed E-state index contributed by atoms with van der Waals surface area (Å²) in [6.07, 6.45) is 40.3. The van der Waals surface area contributed by atoms with Gasteiger partial charge in [-0.1, -0.05) is 153 Å². The second kappa shape index (κ2) is 32.7. The predicted octanol–water partition coefficient (Wildman–Crippen LogP) is 10.3. The number of hydrogen-bond acceptors (Lipinski definition) is 7. The summed E-state index contributed by atoms with van der Waals surface area (Å²) in [6.45, 7) is 4.62. The summed E-state index contributed by atoms with van der Waals surface area (Å²) in [5, 5.41) is 13.9. The van der Waals surface area contributed by atoms with E-state index in [1.807, 2.05) is 21.1 Å². The molecule has 0 saturated carbocycles. The lowest BCUT2D eigenvalue weighted by atomic mass is 10.0. The number of hydrogen-bond donors (Lipinski definition) is 2. The Balaban J connectivity index is 2.35. The van der Waals surface area contributed by atoms with Crippen molar-refractivity contribution in [2.75, 3.05) is 40.9 Å². The van der Waals surface area contributed by atoms with Gasteiger partial charge in [0.05, 0.1) is 52.1 Å². The maximum absolute atomic E-state index is 12.9. The number of amides is 1. The Kier molecular flexibility index (Phi) is 30.7. The van der Waals surface area contributed by atoms with Crippen molar-refractivity contribution >= 4 is 13.7 Å². The average molecular weight is 783 g/mol. The van der Waals surface area contributed by atoms with E-state index in [4.69, 9.17) is 13.8 Å². The van der Waals surface area contributed by atoms with Gasteiger partial charge in [-0.25, -0.2) is 0 Å². The van der Waals surface area contributed by atoms with Gasteiger partial charge < -0.3 is 33.6 Å². The molecule has 1 heterocycles. The second-order valence-electron chi connectivity index (χ2n) is 16.4. The molecule has 54 heavy (non-hydrogen) atoms. The van der Waals surface area contributed by atoms with Crippen molar-refractivity contribution in [3.8, 4) is 0 Å². The molecule has 1 amide bonds. The van der Waals surface area contributed by atoms with Crippen molar-refractivity contribution in [1.29, 1.82) is 0 Å². The summed E-state index contributed by atoms with van der Waals surface area (Å²) >= 11 is 0. The van der Waals surface area contributed by atoms with Gasteiger partial charge in [0, 0.05) is 6.42 Å². The van der Waals surface area contributed by atoms with Crippen LogP contribution in [0, 0.1) is 0 Å². The van der Waals surface area contributed by atoms with E-state index >= 15 is 0 Å². The molecule has 1 fully saturated rings. The summed E-state index contributed by atoms with van der Waals surface area (Å²) in [6, 6.07) is -0.832. The molecule has 1 rings (SSSR count). The summed E-state index contributed by atoms with van der Waals surface area (Å²) in [7, 11) is 1.26. The van der Waals surface area contributed by atoms with Crippen molar-refractivity contribution in [2.24, 2.45) is 0 Å². The third-order valence-electron chi connectivity index (χ3n) is 10.0. The third-order valence-corrected chi connectivity index (χ3v) is 11.0. The highest BCUT2D eigenvalue weighted by Gasteiger charge is 2.36. The predicted molar refractivity (Wildman–Crippen MR) is 223 cm³/mol. The number of quaternary nitrogens is 1. The Hall–Kier alpha value is -1.32. The summed E-state index contributed by atoms with van der Waals surface area (Å²) < 4.78 is 29.0. The summed E-state index contributed by atoms with van der Waals surface area (Å²) in [5.74, 6) is -0.224. The van der Waals surface area contributed by atoms with Gasteiger partial charge in [-0.05, 0) is 51.4 Å². The van der Waals surface area contributed by atoms with E-state index in [-0.39, 0.29) is 25.5 Å². The molecule has 0 radical (unpaired) electrons. The normalized spacial score (nSPS) is 18.5. The lowest BCUT2D eigenvalue weighted by Crippen LogP contribution is -2.46. The SMILES string of the molecule is CCCCC/C=C\CC1OC1C/C=C\C/C=C\CCCC(=O)N[C@@H](COP(=O)([O-])OCC[N+](C)(C)C)[C@H](O)CCCCCCCCCCCCCCCC. The number of ether oxygens (including phenoxy) is 1. The smallest absolute Gasteiger partial charge is 0.268 e. The molecule has 0 aromatic rings. The number of rotatable bonds is 38. The van der Waals surface area contributed by atoms with Crippen LogP contribution in [-0.4, -0.2) is 80.8 Å². The van der Waals surface area contributed by atoms with E-state index in [0.29, 0.717) is 36.1 Å². The van der Waals surface area contributed by atoms with Crippen LogP contribution in [-0.2, 0) is 23.1 Å². The van der Waals surface area contributed by atoms with Gasteiger partial charge in [0.2, 0.25) is 5.91 Å². The minimum absolute atomic E-state index is 0.00125. The number of unbranched alkanes of at least 4 members (excludes halogenated alkanes) is 17. The first-order chi connectivity index (χ1) is 26.0. The van der Waals surface area contributed by atoms with Crippen LogP contribution < -0.4 is 10.2 Å². The number of nitrogens with zero attached hydrogens (tertiary/aromatic N) is 1. The average Bonchev–Trinajstić information content (AvgIpc) is 3.87. The topological polar surface area (TPSA) is 120 Å². The largest absolute Gasteiger partial charge is 0.756 e.